The highest BCUT2D eigenvalue weighted by molar-refractivity contribution is 5.93. The number of para-hydroxylation sites is 1. The molecule has 1 heterocycles. The van der Waals surface area contributed by atoms with Gasteiger partial charge in [0.2, 0.25) is 0 Å². The molecule has 1 aromatic carbocycles. The zero-order chi connectivity index (χ0) is 13.1. The molecule has 0 bridgehead atoms. The number of pyridine rings is 1. The summed E-state index contributed by atoms with van der Waals surface area (Å²) in [5, 5.41) is 10.4. The highest BCUT2D eigenvalue weighted by Crippen LogP contribution is 2.29. The fraction of sp³-hybridized carbons (Fsp3) is 0.357. The molecule has 0 aliphatic heterocycles. The number of hydrogen-bond acceptors (Lipinski definition) is 4. The van der Waals surface area contributed by atoms with Crippen LogP contribution in [-0.4, -0.2) is 29.8 Å². The van der Waals surface area contributed by atoms with Crippen molar-refractivity contribution in [1.29, 1.82) is 0 Å². The van der Waals surface area contributed by atoms with Crippen molar-refractivity contribution in [2.24, 2.45) is 5.73 Å². The standard InChI is InChI=1S/C14H19N3O/c1-10(9-18)17(2)14-11(7-15)8-16-13-6-4-3-5-12(13)14/h3-6,8,10,18H,7,9,15H2,1-2H3. The summed E-state index contributed by atoms with van der Waals surface area (Å²) >= 11 is 0. The Balaban J connectivity index is 2.64. The fourth-order valence-electron chi connectivity index (χ4n) is 2.08. The van der Waals surface area contributed by atoms with E-state index in [-0.39, 0.29) is 12.6 Å². The van der Waals surface area contributed by atoms with Gasteiger partial charge < -0.3 is 15.7 Å². The maximum absolute atomic E-state index is 9.31. The van der Waals surface area contributed by atoms with Gasteiger partial charge in [-0.25, -0.2) is 0 Å². The Bertz CT molecular complexity index is 542. The summed E-state index contributed by atoms with van der Waals surface area (Å²) in [5.41, 5.74) is 8.79. The van der Waals surface area contributed by atoms with Gasteiger partial charge in [-0.1, -0.05) is 18.2 Å². The van der Waals surface area contributed by atoms with Crippen LogP contribution < -0.4 is 10.6 Å². The minimum atomic E-state index is 0.0427. The number of rotatable bonds is 4. The Labute approximate surface area is 107 Å². The molecule has 0 saturated carbocycles. The minimum Gasteiger partial charge on any atom is -0.394 e. The van der Waals surface area contributed by atoms with Crippen molar-refractivity contribution in [3.63, 3.8) is 0 Å². The number of nitrogens with zero attached hydrogens (tertiary/aromatic N) is 2. The van der Waals surface area contributed by atoms with Gasteiger partial charge in [0.25, 0.3) is 0 Å². The number of anilines is 1. The van der Waals surface area contributed by atoms with Crippen LogP contribution in [0, 0.1) is 0 Å². The van der Waals surface area contributed by atoms with E-state index in [0.717, 1.165) is 22.2 Å². The van der Waals surface area contributed by atoms with Gasteiger partial charge in [-0.3, -0.25) is 4.98 Å². The van der Waals surface area contributed by atoms with Crippen LogP contribution in [-0.2, 0) is 6.54 Å². The molecular weight excluding hydrogens is 226 g/mol. The molecule has 1 aromatic heterocycles. The van der Waals surface area contributed by atoms with E-state index in [9.17, 15) is 5.11 Å². The van der Waals surface area contributed by atoms with Gasteiger partial charge in [0.05, 0.1) is 17.8 Å². The zero-order valence-corrected chi connectivity index (χ0v) is 10.8. The molecule has 0 aliphatic rings. The predicted molar refractivity (Wildman–Crippen MR) is 74.6 cm³/mol. The monoisotopic (exact) mass is 245 g/mol. The highest BCUT2D eigenvalue weighted by Gasteiger charge is 2.15. The first kappa shape index (κ1) is 12.8. The van der Waals surface area contributed by atoms with Crippen LogP contribution in [0.5, 0.6) is 0 Å². The van der Waals surface area contributed by atoms with E-state index in [2.05, 4.69) is 9.88 Å². The molecule has 0 amide bonds. The maximum atomic E-state index is 9.31. The lowest BCUT2D eigenvalue weighted by Crippen LogP contribution is -2.33. The van der Waals surface area contributed by atoms with Crippen LogP contribution in [0.15, 0.2) is 30.5 Å². The van der Waals surface area contributed by atoms with Crippen LogP contribution in [0.25, 0.3) is 10.9 Å². The van der Waals surface area contributed by atoms with Crippen molar-refractivity contribution in [3.8, 4) is 0 Å². The van der Waals surface area contributed by atoms with E-state index in [4.69, 9.17) is 5.73 Å². The second-order valence-electron chi connectivity index (χ2n) is 4.50. The van der Waals surface area contributed by atoms with Crippen molar-refractivity contribution >= 4 is 16.6 Å². The van der Waals surface area contributed by atoms with Gasteiger partial charge in [0.1, 0.15) is 0 Å². The summed E-state index contributed by atoms with van der Waals surface area (Å²) in [6.45, 7) is 2.53. The van der Waals surface area contributed by atoms with Gasteiger partial charge >= 0.3 is 0 Å². The predicted octanol–water partition coefficient (Wildman–Crippen LogP) is 1.51. The van der Waals surface area contributed by atoms with Gasteiger partial charge in [-0.2, -0.15) is 0 Å². The first-order valence-electron chi connectivity index (χ1n) is 6.09. The van der Waals surface area contributed by atoms with Crippen molar-refractivity contribution in [2.75, 3.05) is 18.6 Å². The molecular formula is C14H19N3O. The average molecular weight is 245 g/mol. The van der Waals surface area contributed by atoms with Crippen molar-refractivity contribution in [2.45, 2.75) is 19.5 Å². The molecule has 2 rings (SSSR count). The van der Waals surface area contributed by atoms with Crippen LogP contribution in [0.4, 0.5) is 5.69 Å². The van der Waals surface area contributed by atoms with Gasteiger partial charge in [0.15, 0.2) is 0 Å². The van der Waals surface area contributed by atoms with E-state index in [1.165, 1.54) is 0 Å². The number of aliphatic hydroxyl groups excluding tert-OH is 1. The van der Waals surface area contributed by atoms with Crippen LogP contribution >= 0.6 is 0 Å². The Morgan fingerprint density at radius 3 is 2.78 bits per heavy atom. The summed E-state index contributed by atoms with van der Waals surface area (Å²) in [7, 11) is 1.97. The lowest BCUT2D eigenvalue weighted by molar-refractivity contribution is 0.270. The van der Waals surface area contributed by atoms with Gasteiger partial charge in [-0.15, -0.1) is 0 Å². The first-order valence-corrected chi connectivity index (χ1v) is 6.09. The lowest BCUT2D eigenvalue weighted by atomic mass is 10.1. The quantitative estimate of drug-likeness (QED) is 0.857. The third kappa shape index (κ3) is 2.17. The van der Waals surface area contributed by atoms with Crippen LogP contribution in [0.3, 0.4) is 0 Å². The molecule has 1 unspecified atom stereocenters. The van der Waals surface area contributed by atoms with E-state index in [1.807, 2.05) is 44.4 Å². The van der Waals surface area contributed by atoms with Crippen LogP contribution in [0.1, 0.15) is 12.5 Å². The number of aliphatic hydroxyl groups is 1. The van der Waals surface area contributed by atoms with Crippen LogP contribution in [0.2, 0.25) is 0 Å². The minimum absolute atomic E-state index is 0.0427. The van der Waals surface area contributed by atoms with Crippen molar-refractivity contribution in [1.82, 2.24) is 4.98 Å². The average Bonchev–Trinajstić information content (AvgIpc) is 2.44. The topological polar surface area (TPSA) is 62.4 Å². The van der Waals surface area contributed by atoms with Gasteiger partial charge in [-0.05, 0) is 13.0 Å². The number of fused-ring (bicyclic) bond motifs is 1. The van der Waals surface area contributed by atoms with E-state index in [0.29, 0.717) is 6.54 Å². The normalized spacial score (nSPS) is 12.7. The van der Waals surface area contributed by atoms with E-state index in [1.54, 1.807) is 0 Å². The van der Waals surface area contributed by atoms with Crippen molar-refractivity contribution in [3.05, 3.63) is 36.0 Å². The van der Waals surface area contributed by atoms with Crippen molar-refractivity contribution < 1.29 is 5.11 Å². The molecule has 96 valence electrons. The maximum Gasteiger partial charge on any atom is 0.0723 e. The highest BCUT2D eigenvalue weighted by atomic mass is 16.3. The Hall–Kier alpha value is -1.65. The fourth-order valence-corrected chi connectivity index (χ4v) is 2.08. The SMILES string of the molecule is CC(CO)N(C)c1c(CN)cnc2ccccc12. The third-order valence-corrected chi connectivity index (χ3v) is 3.32. The summed E-state index contributed by atoms with van der Waals surface area (Å²) in [6.07, 6.45) is 1.82. The number of hydrogen-bond donors (Lipinski definition) is 2. The molecule has 0 spiro atoms. The molecule has 4 heteroatoms. The van der Waals surface area contributed by atoms with E-state index < -0.39 is 0 Å². The summed E-state index contributed by atoms with van der Waals surface area (Å²) < 4.78 is 0. The molecule has 0 fully saturated rings. The number of nitrogens with two attached hydrogens (primary N) is 1. The molecule has 1 atom stereocenters. The van der Waals surface area contributed by atoms with E-state index >= 15 is 0 Å². The molecule has 18 heavy (non-hydrogen) atoms. The number of likely N-dealkylation sites (N-methyl/N-ethyl adjacent to an activating group) is 1. The Morgan fingerprint density at radius 1 is 1.39 bits per heavy atom. The number of aromatic nitrogens is 1. The smallest absolute Gasteiger partial charge is 0.0723 e. The Kier molecular flexibility index (Phi) is 3.79. The Morgan fingerprint density at radius 2 is 2.11 bits per heavy atom. The molecule has 0 saturated heterocycles. The number of benzene rings is 1. The first-order chi connectivity index (χ1) is 8.69. The summed E-state index contributed by atoms with van der Waals surface area (Å²) in [4.78, 5) is 6.47. The molecule has 3 N–H and O–H groups in total. The van der Waals surface area contributed by atoms with Gasteiger partial charge in [0, 0.05) is 36.8 Å². The summed E-state index contributed by atoms with van der Waals surface area (Å²) in [5.74, 6) is 0. The molecule has 2 aromatic rings. The second kappa shape index (κ2) is 5.33. The molecule has 4 nitrogen and oxygen atoms in total. The molecule has 0 radical (unpaired) electrons. The third-order valence-electron chi connectivity index (χ3n) is 3.32. The summed E-state index contributed by atoms with van der Waals surface area (Å²) in [6, 6.07) is 8.02. The lowest BCUT2D eigenvalue weighted by Gasteiger charge is -2.28. The largest absolute Gasteiger partial charge is 0.394 e. The second-order valence-corrected chi connectivity index (χ2v) is 4.50. The zero-order valence-electron chi connectivity index (χ0n) is 10.8. The molecule has 0 aliphatic carbocycles.